The van der Waals surface area contributed by atoms with E-state index in [4.69, 9.17) is 16.2 Å². The molecule has 6 nitrogen and oxygen atoms in total. The van der Waals surface area contributed by atoms with Gasteiger partial charge in [0.2, 0.25) is 0 Å². The van der Waals surface area contributed by atoms with Gasteiger partial charge >= 0.3 is 6.03 Å². The van der Waals surface area contributed by atoms with Crippen molar-refractivity contribution in [1.82, 2.24) is 0 Å². The molecule has 1 heterocycles. The van der Waals surface area contributed by atoms with Crippen LogP contribution in [0.1, 0.15) is 34.3 Å². The van der Waals surface area contributed by atoms with Crippen molar-refractivity contribution in [2.24, 2.45) is 11.5 Å². The fraction of sp³-hybridized carbons (Fsp3) is 0.250. The van der Waals surface area contributed by atoms with Crippen LogP contribution in [-0.2, 0) is 6.42 Å². The number of thiophene rings is 1. The number of nitrogens with two attached hydrogens (primary N) is 2. The average Bonchev–Trinajstić information content (AvgIpc) is 2.84. The van der Waals surface area contributed by atoms with E-state index in [1.54, 1.807) is 7.11 Å². The van der Waals surface area contributed by atoms with E-state index in [1.807, 2.05) is 18.2 Å². The molecule has 1 aromatic carbocycles. The van der Waals surface area contributed by atoms with Crippen molar-refractivity contribution in [3.8, 4) is 16.2 Å². The minimum atomic E-state index is -0.718. The van der Waals surface area contributed by atoms with E-state index in [-0.39, 0.29) is 5.92 Å². The number of benzene rings is 1. The topological polar surface area (TPSA) is 107 Å². The lowest BCUT2D eigenvalue weighted by Crippen LogP contribution is -2.22. The second kappa shape index (κ2) is 5.58. The number of nitrogens with one attached hydrogen (secondary N) is 1. The Labute approximate surface area is 137 Å². The quantitative estimate of drug-likeness (QED) is 0.804. The number of amides is 3. The Morgan fingerprint density at radius 1 is 1.35 bits per heavy atom. The van der Waals surface area contributed by atoms with Crippen molar-refractivity contribution in [1.29, 1.82) is 0 Å². The first-order chi connectivity index (χ1) is 10.9. The van der Waals surface area contributed by atoms with E-state index in [0.29, 0.717) is 17.0 Å². The van der Waals surface area contributed by atoms with Gasteiger partial charge in [-0.25, -0.2) is 4.79 Å². The van der Waals surface area contributed by atoms with Gasteiger partial charge < -0.3 is 16.2 Å². The van der Waals surface area contributed by atoms with E-state index in [1.165, 1.54) is 11.3 Å². The normalized spacial score (nSPS) is 15.5. The van der Waals surface area contributed by atoms with Gasteiger partial charge in [0.15, 0.2) is 0 Å². The molecule has 120 valence electrons. The number of fused-ring (bicyclic) bond motifs is 3. The minimum Gasteiger partial charge on any atom is -0.496 e. The zero-order chi connectivity index (χ0) is 16.7. The first-order valence-corrected chi connectivity index (χ1v) is 7.94. The van der Waals surface area contributed by atoms with E-state index in [9.17, 15) is 9.59 Å². The molecule has 0 saturated carbocycles. The Morgan fingerprint density at radius 3 is 2.70 bits per heavy atom. The largest absolute Gasteiger partial charge is 0.496 e. The first-order valence-electron chi connectivity index (χ1n) is 7.13. The molecule has 23 heavy (non-hydrogen) atoms. The van der Waals surface area contributed by atoms with E-state index in [0.717, 1.165) is 27.3 Å². The number of primary amides is 2. The lowest BCUT2D eigenvalue weighted by atomic mass is 9.81. The van der Waals surface area contributed by atoms with Crippen LogP contribution in [0, 0.1) is 0 Å². The second-order valence-electron chi connectivity index (χ2n) is 5.49. The highest BCUT2D eigenvalue weighted by Crippen LogP contribution is 2.50. The molecule has 5 N–H and O–H groups in total. The van der Waals surface area contributed by atoms with Crippen molar-refractivity contribution in [3.05, 3.63) is 34.9 Å². The summed E-state index contributed by atoms with van der Waals surface area (Å²) in [5, 5.41) is 2.91. The van der Waals surface area contributed by atoms with E-state index >= 15 is 0 Å². The van der Waals surface area contributed by atoms with Gasteiger partial charge in [0.25, 0.3) is 5.91 Å². The van der Waals surface area contributed by atoms with Crippen LogP contribution in [0.4, 0.5) is 9.80 Å². The molecule has 1 unspecified atom stereocenters. The minimum absolute atomic E-state index is 0.169. The lowest BCUT2D eigenvalue weighted by Gasteiger charge is -2.25. The van der Waals surface area contributed by atoms with Crippen molar-refractivity contribution in [3.63, 3.8) is 0 Å². The van der Waals surface area contributed by atoms with Gasteiger partial charge in [0.1, 0.15) is 10.8 Å². The van der Waals surface area contributed by atoms with Crippen LogP contribution < -0.4 is 21.5 Å². The molecule has 1 aromatic heterocycles. The van der Waals surface area contributed by atoms with Crippen LogP contribution in [0.25, 0.3) is 10.4 Å². The van der Waals surface area contributed by atoms with Crippen LogP contribution in [0.15, 0.2) is 18.2 Å². The molecule has 3 amide bonds. The van der Waals surface area contributed by atoms with Crippen LogP contribution in [0.5, 0.6) is 5.75 Å². The van der Waals surface area contributed by atoms with Crippen LogP contribution in [-0.4, -0.2) is 19.0 Å². The van der Waals surface area contributed by atoms with Crippen molar-refractivity contribution in [2.75, 3.05) is 12.4 Å². The van der Waals surface area contributed by atoms with E-state index in [2.05, 4.69) is 12.2 Å². The maximum absolute atomic E-state index is 11.9. The summed E-state index contributed by atoms with van der Waals surface area (Å²) in [6.45, 7) is 2.08. The molecule has 1 atom stereocenters. The third-order valence-electron chi connectivity index (χ3n) is 4.02. The zero-order valence-electron chi connectivity index (χ0n) is 12.8. The van der Waals surface area contributed by atoms with Crippen molar-refractivity contribution >= 4 is 28.3 Å². The Bertz CT molecular complexity index is 813. The zero-order valence-corrected chi connectivity index (χ0v) is 13.6. The first kappa shape index (κ1) is 15.4. The van der Waals surface area contributed by atoms with Crippen LogP contribution >= 0.6 is 11.3 Å². The maximum atomic E-state index is 11.9. The number of carbonyl (C=O) groups excluding carboxylic acids is 2. The maximum Gasteiger partial charge on any atom is 0.317 e. The van der Waals surface area contributed by atoms with Crippen LogP contribution in [0.2, 0.25) is 0 Å². The van der Waals surface area contributed by atoms with Gasteiger partial charge in [-0.05, 0) is 29.5 Å². The molecule has 0 spiro atoms. The van der Waals surface area contributed by atoms with Gasteiger partial charge in [-0.15, -0.1) is 11.3 Å². The van der Waals surface area contributed by atoms with Crippen molar-refractivity contribution < 1.29 is 14.3 Å². The third-order valence-corrected chi connectivity index (χ3v) is 5.20. The molecule has 2 aromatic rings. The number of ether oxygens (including phenoxy) is 1. The summed E-state index contributed by atoms with van der Waals surface area (Å²) in [5.74, 6) is 0.423. The summed E-state index contributed by atoms with van der Waals surface area (Å²) in [6, 6.07) is 5.10. The molecule has 1 aliphatic carbocycles. The number of hydrogen-bond donors (Lipinski definition) is 3. The fourth-order valence-electron chi connectivity index (χ4n) is 3.17. The third kappa shape index (κ3) is 2.43. The predicted molar refractivity (Wildman–Crippen MR) is 90.2 cm³/mol. The number of urea groups is 1. The molecular formula is C16H17N3O3S. The summed E-state index contributed by atoms with van der Waals surface area (Å²) < 4.78 is 5.47. The Morgan fingerprint density at radius 2 is 2.09 bits per heavy atom. The Balaban J connectivity index is 2.27. The monoisotopic (exact) mass is 331 g/mol. The highest BCUT2D eigenvalue weighted by molar-refractivity contribution is 7.20. The molecule has 0 aliphatic heterocycles. The number of methoxy groups -OCH3 is 1. The highest BCUT2D eigenvalue weighted by Gasteiger charge is 2.32. The molecule has 0 radical (unpaired) electrons. The number of hydrogen-bond acceptors (Lipinski definition) is 4. The summed E-state index contributed by atoms with van der Waals surface area (Å²) in [6.07, 6.45) is 0.651. The molecular weight excluding hydrogens is 314 g/mol. The molecule has 0 saturated heterocycles. The standard InChI is InChI=1S/C16H17N3O3S/c1-7-6-9-12(14(17)20)15(19-16(18)21)23-13(9)8-4-3-5-10(22-2)11(7)8/h3-5,7H,6H2,1-2H3,(H2,17,20)(H3,18,19,21). The van der Waals surface area contributed by atoms with Crippen LogP contribution in [0.3, 0.4) is 0 Å². The number of anilines is 1. The molecule has 1 aliphatic rings. The van der Waals surface area contributed by atoms with Crippen molar-refractivity contribution in [2.45, 2.75) is 19.3 Å². The van der Waals surface area contributed by atoms with Gasteiger partial charge in [0, 0.05) is 10.4 Å². The summed E-state index contributed by atoms with van der Waals surface area (Å²) >= 11 is 1.31. The van der Waals surface area contributed by atoms with Gasteiger partial charge in [-0.2, -0.15) is 0 Å². The molecule has 0 fully saturated rings. The lowest BCUT2D eigenvalue weighted by molar-refractivity contribution is 0.100. The molecule has 7 heteroatoms. The SMILES string of the molecule is COc1cccc2c1C(C)Cc1c-2sc(NC(N)=O)c1C(N)=O. The predicted octanol–water partition coefficient (Wildman–Crippen LogP) is 2.67. The smallest absolute Gasteiger partial charge is 0.317 e. The number of carbonyl (C=O) groups is 2. The number of rotatable bonds is 3. The average molecular weight is 331 g/mol. The Kier molecular flexibility index (Phi) is 3.73. The molecule has 0 bridgehead atoms. The van der Waals surface area contributed by atoms with Gasteiger partial charge in [-0.1, -0.05) is 19.1 Å². The summed E-state index contributed by atoms with van der Waals surface area (Å²) in [7, 11) is 1.64. The summed E-state index contributed by atoms with van der Waals surface area (Å²) in [5.41, 5.74) is 14.1. The fourth-order valence-corrected chi connectivity index (χ4v) is 4.45. The Hall–Kier alpha value is -2.54. The van der Waals surface area contributed by atoms with Gasteiger partial charge in [0.05, 0.1) is 12.7 Å². The van der Waals surface area contributed by atoms with E-state index < -0.39 is 11.9 Å². The molecule has 3 rings (SSSR count). The second-order valence-corrected chi connectivity index (χ2v) is 6.51. The highest BCUT2D eigenvalue weighted by atomic mass is 32.1. The summed E-state index contributed by atoms with van der Waals surface area (Å²) in [4.78, 5) is 24.0. The van der Waals surface area contributed by atoms with Gasteiger partial charge in [-0.3, -0.25) is 10.1 Å².